The van der Waals surface area contributed by atoms with Crippen LogP contribution in [0.5, 0.6) is 0 Å². The van der Waals surface area contributed by atoms with Gasteiger partial charge in [-0.3, -0.25) is 0 Å². The first-order valence-electron chi connectivity index (χ1n) is 3.45. The van der Waals surface area contributed by atoms with Crippen LogP contribution < -0.4 is 0 Å². The van der Waals surface area contributed by atoms with Gasteiger partial charge in [0.05, 0.1) is 6.61 Å². The second-order valence-corrected chi connectivity index (χ2v) is 2.28. The minimum atomic E-state index is -0.365. The summed E-state index contributed by atoms with van der Waals surface area (Å²) in [5, 5.41) is 0. The minimum Gasteiger partial charge on any atom is -0.378 e. The summed E-state index contributed by atoms with van der Waals surface area (Å²) in [6, 6.07) is 0. The fourth-order valence-electron chi connectivity index (χ4n) is 0.457. The summed E-state index contributed by atoms with van der Waals surface area (Å²) in [6.07, 6.45) is 1.10. The zero-order valence-electron chi connectivity index (χ0n) is 6.19. The molecule has 0 fully saturated rings. The molecule has 9 heavy (non-hydrogen) atoms. The van der Waals surface area contributed by atoms with Gasteiger partial charge in [0.1, 0.15) is 6.67 Å². The third kappa shape index (κ3) is 5.77. The zero-order valence-corrected chi connectivity index (χ0v) is 6.19. The van der Waals surface area contributed by atoms with Crippen LogP contribution in [-0.4, -0.2) is 19.9 Å². The van der Waals surface area contributed by atoms with E-state index in [0.717, 1.165) is 6.42 Å². The molecule has 0 saturated carbocycles. The van der Waals surface area contributed by atoms with E-state index in [1.807, 2.05) is 0 Å². The molecule has 0 aromatic heterocycles. The van der Waals surface area contributed by atoms with Crippen LogP contribution in [0.25, 0.3) is 0 Å². The van der Waals surface area contributed by atoms with Gasteiger partial charge in [-0.25, -0.2) is 4.39 Å². The molecule has 0 spiro atoms. The summed E-state index contributed by atoms with van der Waals surface area (Å²) >= 11 is 0. The highest BCUT2D eigenvalue weighted by atomic mass is 19.1. The SMILES string of the molecule is CCC(C)COCCF. The van der Waals surface area contributed by atoms with E-state index >= 15 is 0 Å². The van der Waals surface area contributed by atoms with Gasteiger partial charge in [-0.1, -0.05) is 20.3 Å². The third-order valence-electron chi connectivity index (χ3n) is 1.32. The molecule has 0 aliphatic heterocycles. The van der Waals surface area contributed by atoms with Crippen LogP contribution in [0.1, 0.15) is 20.3 Å². The fraction of sp³-hybridized carbons (Fsp3) is 1.00. The van der Waals surface area contributed by atoms with E-state index < -0.39 is 0 Å². The molecular weight excluding hydrogens is 119 g/mol. The average molecular weight is 134 g/mol. The van der Waals surface area contributed by atoms with Gasteiger partial charge in [-0.05, 0) is 5.92 Å². The topological polar surface area (TPSA) is 9.23 Å². The Morgan fingerprint density at radius 3 is 2.67 bits per heavy atom. The molecule has 1 atom stereocenters. The van der Waals surface area contributed by atoms with Crippen molar-refractivity contribution in [3.05, 3.63) is 0 Å². The van der Waals surface area contributed by atoms with Crippen LogP contribution >= 0.6 is 0 Å². The molecule has 0 N–H and O–H groups in total. The standard InChI is InChI=1S/C7H15FO/c1-3-7(2)6-9-5-4-8/h7H,3-6H2,1-2H3. The quantitative estimate of drug-likeness (QED) is 0.523. The Hall–Kier alpha value is -0.110. The molecule has 0 bridgehead atoms. The summed E-state index contributed by atoms with van der Waals surface area (Å²) in [4.78, 5) is 0. The van der Waals surface area contributed by atoms with Gasteiger partial charge < -0.3 is 4.74 Å². The lowest BCUT2D eigenvalue weighted by Crippen LogP contribution is -2.06. The zero-order chi connectivity index (χ0) is 7.11. The predicted octanol–water partition coefficient (Wildman–Crippen LogP) is 2.02. The number of hydrogen-bond acceptors (Lipinski definition) is 1. The maximum absolute atomic E-state index is 11.4. The van der Waals surface area contributed by atoms with Crippen LogP contribution in [0, 0.1) is 5.92 Å². The molecule has 0 heterocycles. The van der Waals surface area contributed by atoms with Gasteiger partial charge in [0.15, 0.2) is 0 Å². The molecule has 56 valence electrons. The average Bonchev–Trinajstić information content (AvgIpc) is 1.89. The maximum atomic E-state index is 11.4. The van der Waals surface area contributed by atoms with Crippen LogP contribution in [0.4, 0.5) is 4.39 Å². The second kappa shape index (κ2) is 6.02. The Morgan fingerprint density at radius 2 is 2.22 bits per heavy atom. The lowest BCUT2D eigenvalue weighted by molar-refractivity contribution is 0.0917. The molecule has 0 aromatic rings. The van der Waals surface area contributed by atoms with Crippen LogP contribution in [0.3, 0.4) is 0 Å². The van der Waals surface area contributed by atoms with E-state index in [1.54, 1.807) is 0 Å². The maximum Gasteiger partial charge on any atom is 0.113 e. The monoisotopic (exact) mass is 134 g/mol. The highest BCUT2D eigenvalue weighted by Gasteiger charge is 1.96. The Labute approximate surface area is 56.2 Å². The Bertz CT molecular complexity index is 56.9. The number of halogens is 1. The number of rotatable bonds is 5. The van der Waals surface area contributed by atoms with Crippen molar-refractivity contribution in [3.8, 4) is 0 Å². The van der Waals surface area contributed by atoms with Gasteiger partial charge in [0.2, 0.25) is 0 Å². The summed E-state index contributed by atoms with van der Waals surface area (Å²) in [5.74, 6) is 0.566. The smallest absolute Gasteiger partial charge is 0.113 e. The second-order valence-electron chi connectivity index (χ2n) is 2.28. The van der Waals surface area contributed by atoms with Gasteiger partial charge in [0.25, 0.3) is 0 Å². The number of hydrogen-bond donors (Lipinski definition) is 0. The highest BCUT2D eigenvalue weighted by molar-refractivity contribution is 4.45. The first kappa shape index (κ1) is 8.89. The van der Waals surface area contributed by atoms with E-state index in [2.05, 4.69) is 13.8 Å². The van der Waals surface area contributed by atoms with Gasteiger partial charge >= 0.3 is 0 Å². The molecule has 1 unspecified atom stereocenters. The van der Waals surface area contributed by atoms with E-state index in [1.165, 1.54) is 0 Å². The van der Waals surface area contributed by atoms with Gasteiger partial charge in [-0.2, -0.15) is 0 Å². The number of ether oxygens (including phenoxy) is 1. The van der Waals surface area contributed by atoms with Crippen LogP contribution in [0.15, 0.2) is 0 Å². The third-order valence-corrected chi connectivity index (χ3v) is 1.32. The Morgan fingerprint density at radius 1 is 1.56 bits per heavy atom. The lowest BCUT2D eigenvalue weighted by Gasteiger charge is -2.06. The molecule has 0 saturated heterocycles. The van der Waals surface area contributed by atoms with Crippen molar-refractivity contribution >= 4 is 0 Å². The Kier molecular flexibility index (Phi) is 5.94. The highest BCUT2D eigenvalue weighted by Crippen LogP contribution is 1.99. The van der Waals surface area contributed by atoms with Crippen LogP contribution in [-0.2, 0) is 4.74 Å². The summed E-state index contributed by atoms with van der Waals surface area (Å²) in [6.45, 7) is 4.78. The normalized spacial score (nSPS) is 13.7. The first-order chi connectivity index (χ1) is 4.31. The van der Waals surface area contributed by atoms with Crippen molar-refractivity contribution in [2.45, 2.75) is 20.3 Å². The Balaban J connectivity index is 2.88. The first-order valence-corrected chi connectivity index (χ1v) is 3.45. The summed E-state index contributed by atoms with van der Waals surface area (Å²) in [5.41, 5.74) is 0. The molecule has 0 aliphatic carbocycles. The summed E-state index contributed by atoms with van der Waals surface area (Å²) < 4.78 is 16.4. The number of alkyl halides is 1. The van der Waals surface area contributed by atoms with Gasteiger partial charge in [-0.15, -0.1) is 0 Å². The van der Waals surface area contributed by atoms with E-state index in [-0.39, 0.29) is 13.3 Å². The molecular formula is C7H15FO. The van der Waals surface area contributed by atoms with Crippen molar-refractivity contribution in [2.24, 2.45) is 5.92 Å². The van der Waals surface area contributed by atoms with Crippen LogP contribution in [0.2, 0.25) is 0 Å². The molecule has 0 amide bonds. The molecule has 0 aromatic carbocycles. The molecule has 0 rings (SSSR count). The van der Waals surface area contributed by atoms with Crippen molar-refractivity contribution in [1.82, 2.24) is 0 Å². The molecule has 0 aliphatic rings. The minimum absolute atomic E-state index is 0.254. The lowest BCUT2D eigenvalue weighted by atomic mass is 10.1. The molecule has 1 nitrogen and oxygen atoms in total. The van der Waals surface area contributed by atoms with Crippen molar-refractivity contribution in [1.29, 1.82) is 0 Å². The fourth-order valence-corrected chi connectivity index (χ4v) is 0.457. The molecule has 0 radical (unpaired) electrons. The van der Waals surface area contributed by atoms with E-state index in [4.69, 9.17) is 4.74 Å². The van der Waals surface area contributed by atoms with Crippen molar-refractivity contribution in [2.75, 3.05) is 19.9 Å². The van der Waals surface area contributed by atoms with Crippen molar-refractivity contribution < 1.29 is 9.13 Å². The predicted molar refractivity (Wildman–Crippen MR) is 36.2 cm³/mol. The van der Waals surface area contributed by atoms with E-state index in [9.17, 15) is 4.39 Å². The van der Waals surface area contributed by atoms with Gasteiger partial charge in [0, 0.05) is 6.61 Å². The summed E-state index contributed by atoms with van der Waals surface area (Å²) in [7, 11) is 0. The van der Waals surface area contributed by atoms with E-state index in [0.29, 0.717) is 12.5 Å². The van der Waals surface area contributed by atoms with Crippen molar-refractivity contribution in [3.63, 3.8) is 0 Å². The largest absolute Gasteiger partial charge is 0.378 e. The molecule has 2 heteroatoms.